The molecule has 0 radical (unpaired) electrons. The maximum Gasteiger partial charge on any atom is 0.105 e. The van der Waals surface area contributed by atoms with Gasteiger partial charge in [0.15, 0.2) is 0 Å². The predicted octanol–water partition coefficient (Wildman–Crippen LogP) is 0.954. The topological polar surface area (TPSA) is 12.0 Å². The maximum atomic E-state index is 12.1. The Bertz CT molecular complexity index is 107. The first-order valence-electron chi connectivity index (χ1n) is 3.69. The van der Waals surface area contributed by atoms with Gasteiger partial charge in [0.05, 0.1) is 0 Å². The fourth-order valence-corrected chi connectivity index (χ4v) is 1.95. The van der Waals surface area contributed by atoms with Gasteiger partial charge in [-0.25, -0.2) is 4.39 Å². The molecule has 2 aliphatic heterocycles. The lowest BCUT2D eigenvalue weighted by Crippen LogP contribution is -2.54. The Morgan fingerprint density at radius 3 is 2.56 bits per heavy atom. The number of hydrogen-bond acceptors (Lipinski definition) is 1. The highest BCUT2D eigenvalue weighted by molar-refractivity contribution is 4.94. The van der Waals surface area contributed by atoms with Gasteiger partial charge in [-0.2, -0.15) is 0 Å². The Morgan fingerprint density at radius 1 is 1.44 bits per heavy atom. The van der Waals surface area contributed by atoms with E-state index in [9.17, 15) is 4.39 Å². The van der Waals surface area contributed by atoms with Gasteiger partial charge in [0.2, 0.25) is 0 Å². The summed E-state index contributed by atoms with van der Waals surface area (Å²) in [7, 11) is 0. The average Bonchev–Trinajstić information content (AvgIpc) is 1.86. The van der Waals surface area contributed by atoms with Crippen molar-refractivity contribution < 1.29 is 4.39 Å². The van der Waals surface area contributed by atoms with Crippen molar-refractivity contribution in [3.05, 3.63) is 0 Å². The summed E-state index contributed by atoms with van der Waals surface area (Å²) in [6, 6.07) is 0.204. The molecule has 1 unspecified atom stereocenters. The molecule has 0 spiro atoms. The fourth-order valence-electron chi connectivity index (χ4n) is 1.95. The molecule has 52 valence electrons. The van der Waals surface area contributed by atoms with Gasteiger partial charge in [0.25, 0.3) is 0 Å². The molecule has 1 aliphatic carbocycles. The zero-order valence-electron chi connectivity index (χ0n) is 5.44. The Balaban J connectivity index is 1.94. The van der Waals surface area contributed by atoms with Crippen LogP contribution >= 0.6 is 0 Å². The molecule has 0 amide bonds. The summed E-state index contributed by atoms with van der Waals surface area (Å²) in [5.41, 5.74) is 0. The van der Waals surface area contributed by atoms with E-state index >= 15 is 0 Å². The first-order chi connectivity index (χ1) is 4.40. The molecule has 2 bridgehead atoms. The first-order valence-corrected chi connectivity index (χ1v) is 3.69. The normalized spacial score (nSPS) is 48.3. The van der Waals surface area contributed by atoms with Crippen LogP contribution in [0, 0.1) is 11.8 Å². The molecule has 2 heterocycles. The number of alkyl halides is 1. The van der Waals surface area contributed by atoms with Crippen molar-refractivity contribution in [1.29, 1.82) is 0 Å². The summed E-state index contributed by atoms with van der Waals surface area (Å²) in [5.74, 6) is 1.56. The van der Waals surface area contributed by atoms with Gasteiger partial charge in [-0.3, -0.25) is 0 Å². The average molecular weight is 129 g/mol. The van der Waals surface area contributed by atoms with E-state index in [1.165, 1.54) is 12.8 Å². The molecule has 2 saturated heterocycles. The van der Waals surface area contributed by atoms with Crippen LogP contribution in [0.1, 0.15) is 12.8 Å². The molecular weight excluding hydrogens is 117 g/mol. The van der Waals surface area contributed by atoms with Gasteiger partial charge in [0.1, 0.15) is 6.67 Å². The largest absolute Gasteiger partial charge is 0.311 e. The number of fused-ring (bicyclic) bond motifs is 2. The summed E-state index contributed by atoms with van der Waals surface area (Å²) < 4.78 is 12.1. The monoisotopic (exact) mass is 129 g/mol. The Morgan fingerprint density at radius 2 is 2.22 bits per heavy atom. The van der Waals surface area contributed by atoms with Crippen LogP contribution in [-0.4, -0.2) is 19.3 Å². The highest BCUT2D eigenvalue weighted by Crippen LogP contribution is 2.39. The minimum absolute atomic E-state index is 0.169. The quantitative estimate of drug-likeness (QED) is 0.556. The molecule has 0 aromatic carbocycles. The van der Waals surface area contributed by atoms with Crippen molar-refractivity contribution in [3.63, 3.8) is 0 Å². The molecular formula is C7H12FN. The van der Waals surface area contributed by atoms with Crippen LogP contribution in [0.2, 0.25) is 0 Å². The van der Waals surface area contributed by atoms with Crippen molar-refractivity contribution >= 4 is 0 Å². The third kappa shape index (κ3) is 0.767. The molecule has 1 atom stereocenters. The predicted molar refractivity (Wildman–Crippen MR) is 34.0 cm³/mol. The zero-order chi connectivity index (χ0) is 6.27. The van der Waals surface area contributed by atoms with E-state index in [-0.39, 0.29) is 12.7 Å². The zero-order valence-corrected chi connectivity index (χ0v) is 5.44. The van der Waals surface area contributed by atoms with Crippen molar-refractivity contribution in [2.45, 2.75) is 18.9 Å². The van der Waals surface area contributed by atoms with Crippen molar-refractivity contribution in [1.82, 2.24) is 5.32 Å². The van der Waals surface area contributed by atoms with E-state index in [0.717, 1.165) is 12.5 Å². The van der Waals surface area contributed by atoms with Crippen LogP contribution in [0.5, 0.6) is 0 Å². The van der Waals surface area contributed by atoms with Crippen LogP contribution in [-0.2, 0) is 0 Å². The van der Waals surface area contributed by atoms with Crippen LogP contribution in [0.25, 0.3) is 0 Å². The van der Waals surface area contributed by atoms with Crippen LogP contribution in [0.15, 0.2) is 0 Å². The molecule has 2 heteroatoms. The van der Waals surface area contributed by atoms with Crippen LogP contribution < -0.4 is 5.32 Å². The Hall–Kier alpha value is -0.110. The number of halogens is 1. The summed E-state index contributed by atoms with van der Waals surface area (Å²) in [6.07, 6.45) is 2.56. The second-order valence-electron chi connectivity index (χ2n) is 3.27. The van der Waals surface area contributed by atoms with Gasteiger partial charge in [-0.05, 0) is 31.2 Å². The molecule has 1 saturated carbocycles. The third-order valence-corrected chi connectivity index (χ3v) is 2.68. The summed E-state index contributed by atoms with van der Waals surface area (Å²) in [4.78, 5) is 0. The van der Waals surface area contributed by atoms with E-state index in [1.807, 2.05) is 0 Å². The van der Waals surface area contributed by atoms with Gasteiger partial charge >= 0.3 is 0 Å². The number of piperidine rings is 2. The second-order valence-corrected chi connectivity index (χ2v) is 3.27. The lowest BCUT2D eigenvalue weighted by Gasteiger charge is -2.46. The number of nitrogens with one attached hydrogen (secondary N) is 1. The first kappa shape index (κ1) is 5.66. The van der Waals surface area contributed by atoms with Crippen LogP contribution in [0.4, 0.5) is 4.39 Å². The standard InChI is InChI=1S/C7H12FN/c8-3-7-6-1-5(2-6)4-9-7/h5-7,9H,1-4H2. The highest BCUT2D eigenvalue weighted by atomic mass is 19.1. The lowest BCUT2D eigenvalue weighted by molar-refractivity contribution is 0.0700. The summed E-state index contributed by atoms with van der Waals surface area (Å²) in [5, 5.41) is 3.19. The van der Waals surface area contributed by atoms with Crippen LogP contribution in [0.3, 0.4) is 0 Å². The maximum absolute atomic E-state index is 12.1. The fraction of sp³-hybridized carbons (Fsp3) is 1.00. The molecule has 0 aromatic heterocycles. The molecule has 3 aliphatic rings. The SMILES string of the molecule is FCC1NCC2CC1C2. The van der Waals surface area contributed by atoms with Gasteiger partial charge in [-0.1, -0.05) is 0 Å². The van der Waals surface area contributed by atoms with Gasteiger partial charge in [0, 0.05) is 6.04 Å². The van der Waals surface area contributed by atoms with E-state index in [4.69, 9.17) is 0 Å². The van der Waals surface area contributed by atoms with E-state index in [1.54, 1.807) is 0 Å². The smallest absolute Gasteiger partial charge is 0.105 e. The summed E-state index contributed by atoms with van der Waals surface area (Å²) >= 11 is 0. The molecule has 3 rings (SSSR count). The molecule has 1 nitrogen and oxygen atoms in total. The lowest BCUT2D eigenvalue weighted by atomic mass is 9.68. The second kappa shape index (κ2) is 1.94. The molecule has 1 N–H and O–H groups in total. The number of rotatable bonds is 1. The van der Waals surface area contributed by atoms with Gasteiger partial charge < -0.3 is 5.32 Å². The van der Waals surface area contributed by atoms with Gasteiger partial charge in [-0.15, -0.1) is 0 Å². The Labute approximate surface area is 54.6 Å². The number of hydrogen-bond donors (Lipinski definition) is 1. The van der Waals surface area contributed by atoms with E-state index in [2.05, 4.69) is 5.32 Å². The Kier molecular flexibility index (Phi) is 1.22. The van der Waals surface area contributed by atoms with E-state index < -0.39 is 0 Å². The highest BCUT2D eigenvalue weighted by Gasteiger charge is 2.39. The van der Waals surface area contributed by atoms with Crippen molar-refractivity contribution in [2.75, 3.05) is 13.2 Å². The molecule has 9 heavy (non-hydrogen) atoms. The van der Waals surface area contributed by atoms with Crippen molar-refractivity contribution in [3.8, 4) is 0 Å². The minimum atomic E-state index is -0.169. The molecule has 0 aromatic rings. The molecule has 3 fully saturated rings. The summed E-state index contributed by atoms with van der Waals surface area (Å²) in [6.45, 7) is 0.891. The van der Waals surface area contributed by atoms with E-state index in [0.29, 0.717) is 5.92 Å². The minimum Gasteiger partial charge on any atom is -0.311 e. The third-order valence-electron chi connectivity index (χ3n) is 2.68. The van der Waals surface area contributed by atoms with Crippen molar-refractivity contribution in [2.24, 2.45) is 11.8 Å².